The van der Waals surface area contributed by atoms with Crippen LogP contribution in [0.3, 0.4) is 0 Å². The van der Waals surface area contributed by atoms with Gasteiger partial charge in [0.05, 0.1) is 12.0 Å². The molecule has 26 heavy (non-hydrogen) atoms. The van der Waals surface area contributed by atoms with Gasteiger partial charge in [0, 0.05) is 43.9 Å². The molecule has 0 bridgehead atoms. The smallest absolute Gasteiger partial charge is 0.274 e. The molecule has 2 fully saturated rings. The van der Waals surface area contributed by atoms with E-state index in [0.29, 0.717) is 12.2 Å². The van der Waals surface area contributed by atoms with Crippen molar-refractivity contribution in [2.45, 2.75) is 45.4 Å². The fraction of sp³-hybridized carbons (Fsp3) is 0.579. The molecular weight excluding hydrogens is 328 g/mol. The van der Waals surface area contributed by atoms with Crippen LogP contribution in [-0.4, -0.2) is 56.9 Å². The van der Waals surface area contributed by atoms with E-state index >= 15 is 0 Å². The number of aromatic nitrogens is 4. The van der Waals surface area contributed by atoms with Gasteiger partial charge in [-0.2, -0.15) is 0 Å². The molecule has 2 aromatic rings. The Morgan fingerprint density at radius 3 is 2.69 bits per heavy atom. The predicted molar refractivity (Wildman–Crippen MR) is 99.4 cm³/mol. The number of nitrogens with zero attached hydrogens (tertiary/aromatic N) is 5. The van der Waals surface area contributed by atoms with Crippen LogP contribution in [0.4, 0.5) is 5.82 Å². The number of nitrogens with one attached hydrogen (secondary N) is 1. The Bertz CT molecular complexity index is 795. The number of rotatable bonds is 3. The van der Waals surface area contributed by atoms with Crippen molar-refractivity contribution < 1.29 is 4.79 Å². The number of carbonyl (C=O) groups is 1. The zero-order valence-corrected chi connectivity index (χ0v) is 15.5. The van der Waals surface area contributed by atoms with Crippen LogP contribution in [0, 0.1) is 13.8 Å². The lowest BCUT2D eigenvalue weighted by molar-refractivity contribution is 0.0699. The molecule has 0 saturated carbocycles. The Morgan fingerprint density at radius 1 is 1.15 bits per heavy atom. The lowest BCUT2D eigenvalue weighted by Crippen LogP contribution is -2.39. The average molecular weight is 354 g/mol. The third-order valence-corrected chi connectivity index (χ3v) is 5.43. The molecule has 1 N–H and O–H groups in total. The molecule has 1 amide bonds. The minimum absolute atomic E-state index is 0.0130. The lowest BCUT2D eigenvalue weighted by Gasteiger charge is -2.32. The highest BCUT2D eigenvalue weighted by atomic mass is 16.2. The number of anilines is 1. The van der Waals surface area contributed by atoms with Gasteiger partial charge in [-0.05, 0) is 39.5 Å². The fourth-order valence-corrected chi connectivity index (χ4v) is 4.02. The van der Waals surface area contributed by atoms with E-state index < -0.39 is 0 Å². The fourth-order valence-electron chi connectivity index (χ4n) is 4.02. The van der Waals surface area contributed by atoms with Gasteiger partial charge in [0.25, 0.3) is 5.91 Å². The Balaban J connectivity index is 1.54. The number of hydrogen-bond donors (Lipinski definition) is 1. The molecule has 1 unspecified atom stereocenters. The van der Waals surface area contributed by atoms with Crippen molar-refractivity contribution in [3.63, 3.8) is 0 Å². The normalized spacial score (nSPS) is 20.6. The van der Waals surface area contributed by atoms with E-state index in [1.807, 2.05) is 18.7 Å². The highest BCUT2D eigenvalue weighted by molar-refractivity contribution is 5.93. The molecule has 1 atom stereocenters. The highest BCUT2D eigenvalue weighted by Crippen LogP contribution is 2.29. The lowest BCUT2D eigenvalue weighted by atomic mass is 9.94. The molecule has 4 heterocycles. The van der Waals surface area contributed by atoms with E-state index in [4.69, 9.17) is 4.98 Å². The van der Waals surface area contributed by atoms with E-state index in [1.54, 1.807) is 6.33 Å². The molecule has 0 aromatic carbocycles. The molecule has 2 aromatic heterocycles. The van der Waals surface area contributed by atoms with Crippen molar-refractivity contribution in [3.8, 4) is 0 Å². The van der Waals surface area contributed by atoms with Crippen LogP contribution >= 0.6 is 0 Å². The molecule has 2 aliphatic heterocycles. The number of amides is 1. The summed E-state index contributed by atoms with van der Waals surface area (Å²) in [6.07, 6.45) is 6.08. The number of aromatic amines is 1. The van der Waals surface area contributed by atoms with Crippen molar-refractivity contribution in [2.24, 2.45) is 0 Å². The van der Waals surface area contributed by atoms with Gasteiger partial charge < -0.3 is 14.8 Å². The van der Waals surface area contributed by atoms with E-state index in [1.165, 1.54) is 12.8 Å². The maximum Gasteiger partial charge on any atom is 0.274 e. The maximum atomic E-state index is 12.8. The summed E-state index contributed by atoms with van der Waals surface area (Å²) in [7, 11) is 0. The van der Waals surface area contributed by atoms with E-state index in [2.05, 4.69) is 25.9 Å². The van der Waals surface area contributed by atoms with Crippen LogP contribution in [0.5, 0.6) is 0 Å². The number of carbonyl (C=O) groups excluding carboxylic acids is 1. The van der Waals surface area contributed by atoms with Gasteiger partial charge in [-0.3, -0.25) is 4.79 Å². The van der Waals surface area contributed by atoms with Crippen LogP contribution in [0.1, 0.15) is 59.3 Å². The summed E-state index contributed by atoms with van der Waals surface area (Å²) in [5, 5.41) is 0. The van der Waals surface area contributed by atoms with Crippen molar-refractivity contribution in [3.05, 3.63) is 35.3 Å². The molecule has 4 rings (SSSR count). The van der Waals surface area contributed by atoms with E-state index in [-0.39, 0.29) is 11.8 Å². The number of aryl methyl sites for hydroxylation is 2. The summed E-state index contributed by atoms with van der Waals surface area (Å²) in [4.78, 5) is 33.6. The largest absolute Gasteiger partial charge is 0.357 e. The average Bonchev–Trinajstić information content (AvgIpc) is 3.32. The van der Waals surface area contributed by atoms with Gasteiger partial charge in [-0.15, -0.1) is 0 Å². The van der Waals surface area contributed by atoms with Gasteiger partial charge in [-0.25, -0.2) is 15.0 Å². The highest BCUT2D eigenvalue weighted by Gasteiger charge is 2.29. The number of hydrogen-bond acceptors (Lipinski definition) is 5. The van der Waals surface area contributed by atoms with Gasteiger partial charge in [0.2, 0.25) is 0 Å². The molecule has 138 valence electrons. The SMILES string of the molecule is Cc1nc(C2CCCN(C(=O)c3nc[nH]c3C)C2)cc(N2CCCC2)n1. The second-order valence-electron chi connectivity index (χ2n) is 7.36. The maximum absolute atomic E-state index is 12.8. The molecule has 0 spiro atoms. The Morgan fingerprint density at radius 2 is 1.96 bits per heavy atom. The summed E-state index contributed by atoms with van der Waals surface area (Å²) in [6, 6.07) is 2.14. The zero-order chi connectivity index (χ0) is 18.1. The van der Waals surface area contributed by atoms with Crippen molar-refractivity contribution in [2.75, 3.05) is 31.1 Å². The first-order valence-corrected chi connectivity index (χ1v) is 9.51. The first kappa shape index (κ1) is 17.0. The molecule has 0 aliphatic carbocycles. The van der Waals surface area contributed by atoms with Crippen LogP contribution in [0.15, 0.2) is 12.4 Å². The van der Waals surface area contributed by atoms with Gasteiger partial charge in [0.15, 0.2) is 0 Å². The van der Waals surface area contributed by atoms with Crippen LogP contribution < -0.4 is 4.90 Å². The number of imidazole rings is 1. The summed E-state index contributed by atoms with van der Waals surface area (Å²) >= 11 is 0. The van der Waals surface area contributed by atoms with Gasteiger partial charge in [0.1, 0.15) is 17.3 Å². The Hall–Kier alpha value is -2.44. The Labute approximate surface area is 153 Å². The number of piperidine rings is 1. The number of H-pyrrole nitrogens is 1. The Kier molecular flexibility index (Phi) is 4.61. The second kappa shape index (κ2) is 7.05. The molecule has 2 aliphatic rings. The predicted octanol–water partition coefficient (Wildman–Crippen LogP) is 2.44. The zero-order valence-electron chi connectivity index (χ0n) is 15.5. The summed E-state index contributed by atoms with van der Waals surface area (Å²) in [5.74, 6) is 2.13. The van der Waals surface area contributed by atoms with E-state index in [0.717, 1.165) is 55.5 Å². The van der Waals surface area contributed by atoms with Crippen LogP contribution in [0.2, 0.25) is 0 Å². The molecule has 0 radical (unpaired) electrons. The molecule has 7 nitrogen and oxygen atoms in total. The van der Waals surface area contributed by atoms with Gasteiger partial charge >= 0.3 is 0 Å². The van der Waals surface area contributed by atoms with Crippen molar-refractivity contribution in [1.82, 2.24) is 24.8 Å². The number of likely N-dealkylation sites (tertiary alicyclic amines) is 1. The monoisotopic (exact) mass is 354 g/mol. The quantitative estimate of drug-likeness (QED) is 0.916. The first-order chi connectivity index (χ1) is 12.6. The van der Waals surface area contributed by atoms with Gasteiger partial charge in [-0.1, -0.05) is 0 Å². The topological polar surface area (TPSA) is 78.0 Å². The van der Waals surface area contributed by atoms with Crippen LogP contribution in [0.25, 0.3) is 0 Å². The minimum atomic E-state index is 0.0130. The third-order valence-electron chi connectivity index (χ3n) is 5.43. The molecule has 2 saturated heterocycles. The minimum Gasteiger partial charge on any atom is -0.357 e. The van der Waals surface area contributed by atoms with Crippen LogP contribution in [-0.2, 0) is 0 Å². The molecular formula is C19H26N6O. The van der Waals surface area contributed by atoms with Crippen molar-refractivity contribution >= 4 is 11.7 Å². The summed E-state index contributed by atoms with van der Waals surface area (Å²) in [6.45, 7) is 7.47. The standard InChI is InChI=1S/C19H26N6O/c1-13-18(21-12-20-13)19(26)25-9-5-6-15(11-25)16-10-17(23-14(2)22-16)24-7-3-4-8-24/h10,12,15H,3-9,11H2,1-2H3,(H,20,21). The first-order valence-electron chi connectivity index (χ1n) is 9.51. The summed E-state index contributed by atoms with van der Waals surface area (Å²) < 4.78 is 0. The van der Waals surface area contributed by atoms with E-state index in [9.17, 15) is 4.79 Å². The second-order valence-corrected chi connectivity index (χ2v) is 7.36. The third kappa shape index (κ3) is 3.30. The van der Waals surface area contributed by atoms with Crippen molar-refractivity contribution in [1.29, 1.82) is 0 Å². The molecule has 7 heteroatoms. The summed E-state index contributed by atoms with van der Waals surface area (Å²) in [5.41, 5.74) is 2.42.